The summed E-state index contributed by atoms with van der Waals surface area (Å²) in [5.41, 5.74) is 10.0. The number of nitrogen functional groups attached to an aromatic ring is 1. The van der Waals surface area contributed by atoms with E-state index in [1.807, 2.05) is 18.6 Å². The van der Waals surface area contributed by atoms with E-state index in [-0.39, 0.29) is 60.0 Å². The van der Waals surface area contributed by atoms with Gasteiger partial charge < -0.3 is 39.6 Å². The molecule has 4 saturated heterocycles. The van der Waals surface area contributed by atoms with Gasteiger partial charge in [-0.05, 0) is 95.2 Å². The van der Waals surface area contributed by atoms with E-state index >= 15 is 8.78 Å². The van der Waals surface area contributed by atoms with Gasteiger partial charge >= 0.3 is 6.09 Å². The van der Waals surface area contributed by atoms with Gasteiger partial charge in [-0.25, -0.2) is 33.5 Å². The van der Waals surface area contributed by atoms with Crippen LogP contribution >= 0.6 is 0 Å². The van der Waals surface area contributed by atoms with E-state index in [1.54, 1.807) is 14.7 Å². The van der Waals surface area contributed by atoms with Gasteiger partial charge in [0.25, 0.3) is 5.91 Å². The first-order valence-corrected chi connectivity index (χ1v) is 24.4. The number of fused-ring (bicyclic) bond motifs is 1. The molecular weight excluding hydrogens is 905 g/mol. The van der Waals surface area contributed by atoms with Gasteiger partial charge in [0.15, 0.2) is 29.8 Å². The average molecular weight is 964 g/mol. The van der Waals surface area contributed by atoms with Gasteiger partial charge in [0.05, 0.1) is 10.9 Å². The summed E-state index contributed by atoms with van der Waals surface area (Å²) in [7, 11) is 0. The third-order valence-electron chi connectivity index (χ3n) is 14.5. The Morgan fingerprint density at radius 2 is 1.56 bits per heavy atom. The maximum absolute atomic E-state index is 15.3. The normalized spacial score (nSPS) is 20.0. The molecule has 4 N–H and O–H groups in total. The largest absolute Gasteiger partial charge is 0.439 e. The van der Waals surface area contributed by atoms with Crippen LogP contribution < -0.4 is 21.3 Å². The number of likely N-dealkylation sites (tertiary alicyclic amines) is 2. The molecule has 19 nitrogen and oxygen atoms in total. The number of rotatable bonds is 11. The number of piperidine rings is 3. The molecule has 70 heavy (non-hydrogen) atoms. The molecule has 0 bridgehead atoms. The fourth-order valence-electron chi connectivity index (χ4n) is 10.4. The molecule has 370 valence electrons. The van der Waals surface area contributed by atoms with Crippen LogP contribution in [0.5, 0.6) is 0 Å². The lowest BCUT2D eigenvalue weighted by atomic mass is 9.91. The van der Waals surface area contributed by atoms with Crippen LogP contribution in [0.4, 0.5) is 30.8 Å². The first-order valence-electron chi connectivity index (χ1n) is 24.4. The van der Waals surface area contributed by atoms with Crippen LogP contribution in [0.25, 0.3) is 33.7 Å². The number of halogens is 2. The third-order valence-corrected chi connectivity index (χ3v) is 14.5. The quantitative estimate of drug-likeness (QED) is 0.137. The third kappa shape index (κ3) is 9.71. The maximum atomic E-state index is 15.3. The molecule has 4 aliphatic heterocycles. The van der Waals surface area contributed by atoms with Gasteiger partial charge in [-0.15, -0.1) is 0 Å². The monoisotopic (exact) mass is 963 g/mol. The Kier molecular flexibility index (Phi) is 12.9. The molecule has 0 spiro atoms. The highest BCUT2D eigenvalue weighted by Gasteiger charge is 2.37. The minimum absolute atomic E-state index is 0.0925. The summed E-state index contributed by atoms with van der Waals surface area (Å²) in [6.45, 7) is 11.0. The number of nitrogens with zero attached hydrogens (tertiary/aromatic N) is 10. The molecule has 5 aromatic rings. The van der Waals surface area contributed by atoms with Gasteiger partial charge in [-0.2, -0.15) is 0 Å². The lowest BCUT2D eigenvalue weighted by molar-refractivity contribution is -0.136. The van der Waals surface area contributed by atoms with Gasteiger partial charge in [0, 0.05) is 107 Å². The number of amides is 4. The Hall–Kier alpha value is -6.77. The second-order valence-corrected chi connectivity index (χ2v) is 20.3. The molecule has 5 fully saturated rings. The van der Waals surface area contributed by atoms with Crippen molar-refractivity contribution in [1.82, 2.24) is 49.7 Å². The zero-order chi connectivity index (χ0) is 48.8. The summed E-state index contributed by atoms with van der Waals surface area (Å²) in [6, 6.07) is 1.63. The lowest BCUT2D eigenvalue weighted by Gasteiger charge is -2.39. The number of ether oxygens (including phenoxy) is 1. The average Bonchev–Trinajstić information content (AvgIpc) is 3.96. The highest BCUT2D eigenvalue weighted by molar-refractivity contribution is 6.03. The van der Waals surface area contributed by atoms with Crippen LogP contribution in [-0.4, -0.2) is 140 Å². The second kappa shape index (κ2) is 19.2. The van der Waals surface area contributed by atoms with E-state index in [0.29, 0.717) is 99.5 Å². The molecule has 10 rings (SSSR count). The van der Waals surface area contributed by atoms with Crippen molar-refractivity contribution in [2.75, 3.05) is 81.5 Å². The molecule has 8 heterocycles. The van der Waals surface area contributed by atoms with E-state index in [4.69, 9.17) is 25.0 Å². The van der Waals surface area contributed by atoms with E-state index in [0.717, 1.165) is 54.7 Å². The summed E-state index contributed by atoms with van der Waals surface area (Å²) in [6.07, 6.45) is 12.1. The highest BCUT2D eigenvalue weighted by Crippen LogP contribution is 2.48. The predicted octanol–water partition coefficient (Wildman–Crippen LogP) is 5.63. The Morgan fingerprint density at radius 1 is 0.871 bits per heavy atom. The summed E-state index contributed by atoms with van der Waals surface area (Å²) < 4.78 is 44.1. The van der Waals surface area contributed by atoms with Crippen molar-refractivity contribution in [3.05, 3.63) is 60.0 Å². The molecule has 1 aromatic carbocycles. The molecule has 4 aromatic heterocycles. The Balaban J connectivity index is 0.666. The van der Waals surface area contributed by atoms with Crippen LogP contribution in [0.2, 0.25) is 0 Å². The predicted molar refractivity (Wildman–Crippen MR) is 254 cm³/mol. The highest BCUT2D eigenvalue weighted by atomic mass is 19.1. The molecular formula is C49H59F2N13O6. The number of hydrogen-bond acceptors (Lipinski definition) is 15. The van der Waals surface area contributed by atoms with Crippen LogP contribution in [-0.2, 0) is 24.7 Å². The standard InChI is InChI=1S/C49H59F2N13O6/c1-49(2,3)64-25-33(39-44(52)55-27-56-46(39)64)41-40(43(70-59-41)30-4-5-30)45-53-22-31(23-54-45)29-10-14-63(15-11-29)48(68)69-26-38(66)61-12-8-28(9-13-61)24-60-16-18-62(19-17-60)42-34(50)20-32(21-35(42)51)57-36-6-7-37(65)58-47(36)67/h20-23,25,27-30,36,57H,4-19,24,26H2,1-3H3,(H2,52,55,56)(H,58,65,67). The number of carbonyl (C=O) groups excluding carboxylic acids is 4. The summed E-state index contributed by atoms with van der Waals surface area (Å²) in [4.78, 5) is 75.9. The molecule has 1 atom stereocenters. The number of aromatic nitrogens is 6. The number of anilines is 3. The Labute approximate surface area is 403 Å². The summed E-state index contributed by atoms with van der Waals surface area (Å²) >= 11 is 0. The van der Waals surface area contributed by atoms with E-state index in [2.05, 4.69) is 56.0 Å². The molecule has 5 aliphatic rings. The molecule has 1 aliphatic carbocycles. The first-order chi connectivity index (χ1) is 33.7. The fraction of sp³-hybridized carbons (Fsp3) is 0.531. The van der Waals surface area contributed by atoms with Crippen molar-refractivity contribution in [2.24, 2.45) is 5.92 Å². The van der Waals surface area contributed by atoms with E-state index in [1.165, 1.54) is 18.5 Å². The number of hydrogen-bond donors (Lipinski definition) is 3. The van der Waals surface area contributed by atoms with E-state index in [9.17, 15) is 19.2 Å². The smallest absolute Gasteiger partial charge is 0.410 e. The SMILES string of the molecule is CC(C)(C)n1cc(-c2noc(C3CC3)c2-c2ncc(C3CCN(C(=O)OCC(=O)N4CCC(CN5CCN(c6c(F)cc(NC7CCC(=O)NC7=O)cc6F)CC5)CC4)CC3)cn2)c2c(N)ncnc21. The zero-order valence-corrected chi connectivity index (χ0v) is 39.8. The molecule has 21 heteroatoms. The summed E-state index contributed by atoms with van der Waals surface area (Å²) in [5.74, 6) is -0.160. The van der Waals surface area contributed by atoms with Crippen molar-refractivity contribution in [2.45, 2.75) is 95.6 Å². The van der Waals surface area contributed by atoms with Gasteiger partial charge in [-0.3, -0.25) is 24.6 Å². The minimum atomic E-state index is -0.744. The van der Waals surface area contributed by atoms with Crippen LogP contribution in [0.1, 0.15) is 95.3 Å². The van der Waals surface area contributed by atoms with Gasteiger partial charge in [0.1, 0.15) is 35.2 Å². The van der Waals surface area contributed by atoms with Crippen LogP contribution in [0, 0.1) is 17.6 Å². The first kappa shape index (κ1) is 46.9. The number of benzene rings is 1. The Morgan fingerprint density at radius 3 is 2.21 bits per heavy atom. The second-order valence-electron chi connectivity index (χ2n) is 20.3. The number of imide groups is 1. The number of nitrogens with two attached hydrogens (primary N) is 1. The maximum Gasteiger partial charge on any atom is 0.410 e. The van der Waals surface area contributed by atoms with Crippen molar-refractivity contribution < 1.29 is 37.2 Å². The number of nitrogens with one attached hydrogen (secondary N) is 2. The van der Waals surface area contributed by atoms with Gasteiger partial charge in [-0.1, -0.05) is 5.16 Å². The zero-order valence-electron chi connectivity index (χ0n) is 39.8. The van der Waals surface area contributed by atoms with Crippen LogP contribution in [0.15, 0.2) is 41.6 Å². The van der Waals surface area contributed by atoms with Crippen LogP contribution in [0.3, 0.4) is 0 Å². The Bertz CT molecular complexity index is 2760. The molecule has 4 amide bonds. The number of carbonyl (C=O) groups is 4. The van der Waals surface area contributed by atoms with E-state index < -0.39 is 29.7 Å². The lowest BCUT2D eigenvalue weighted by Crippen LogP contribution is -2.50. The topological polar surface area (TPSA) is 223 Å². The molecule has 0 radical (unpaired) electrons. The fourth-order valence-corrected chi connectivity index (χ4v) is 10.4. The molecule has 1 unspecified atom stereocenters. The van der Waals surface area contributed by atoms with Crippen molar-refractivity contribution >= 4 is 52.0 Å². The van der Waals surface area contributed by atoms with Crippen molar-refractivity contribution in [3.8, 4) is 22.6 Å². The minimum Gasteiger partial charge on any atom is -0.439 e. The summed E-state index contributed by atoms with van der Waals surface area (Å²) in [5, 5.41) is 10.4. The van der Waals surface area contributed by atoms with Crippen molar-refractivity contribution in [3.63, 3.8) is 0 Å². The molecule has 1 saturated carbocycles. The van der Waals surface area contributed by atoms with Crippen molar-refractivity contribution in [1.29, 1.82) is 0 Å². The number of piperazine rings is 1. The van der Waals surface area contributed by atoms with Gasteiger partial charge in [0.2, 0.25) is 11.8 Å².